The highest BCUT2D eigenvalue weighted by molar-refractivity contribution is 4.98. The Balaban J connectivity index is 2.29. The van der Waals surface area contributed by atoms with Crippen molar-refractivity contribution in [1.82, 2.24) is 0 Å². The molecule has 0 unspecified atom stereocenters. The molecule has 0 aromatic carbocycles. The van der Waals surface area contributed by atoms with E-state index in [2.05, 4.69) is 33.3 Å². The molecular weight excluding hydrogens is 160 g/mol. The van der Waals surface area contributed by atoms with Crippen LogP contribution in [0.5, 0.6) is 0 Å². The second-order valence-corrected chi connectivity index (χ2v) is 4.33. The van der Waals surface area contributed by atoms with E-state index < -0.39 is 0 Å². The van der Waals surface area contributed by atoms with E-state index in [9.17, 15) is 0 Å². The Hall–Kier alpha value is -0.300. The monoisotopic (exact) mass is 181 g/mol. The van der Waals surface area contributed by atoms with Crippen LogP contribution in [0.4, 0.5) is 0 Å². The third-order valence-electron chi connectivity index (χ3n) is 2.55. The molecule has 1 aliphatic rings. The van der Waals surface area contributed by atoms with Crippen molar-refractivity contribution in [3.8, 4) is 0 Å². The summed E-state index contributed by atoms with van der Waals surface area (Å²) in [5.74, 6) is 0. The summed E-state index contributed by atoms with van der Waals surface area (Å²) in [5.41, 5.74) is 1.45. The van der Waals surface area contributed by atoms with Crippen molar-refractivity contribution in [2.24, 2.45) is 0 Å². The van der Waals surface area contributed by atoms with Gasteiger partial charge in [-0.2, -0.15) is 0 Å². The predicted molar refractivity (Wildman–Crippen MR) is 56.6 cm³/mol. The Morgan fingerprint density at radius 3 is 2.85 bits per heavy atom. The molecule has 0 aliphatic carbocycles. The van der Waals surface area contributed by atoms with Gasteiger partial charge in [0.25, 0.3) is 0 Å². The Labute approximate surface area is 82.2 Å². The molecule has 0 aromatic rings. The second-order valence-electron chi connectivity index (χ2n) is 4.33. The van der Waals surface area contributed by atoms with Crippen LogP contribution < -0.4 is 0 Å². The first-order valence-corrected chi connectivity index (χ1v) is 5.24. The van der Waals surface area contributed by atoms with E-state index in [0.717, 1.165) is 19.4 Å². The lowest BCUT2D eigenvalue weighted by atomic mass is 9.91. The highest BCUT2D eigenvalue weighted by Gasteiger charge is 2.26. The molecular formula is C12H21O. The molecule has 0 bridgehead atoms. The Morgan fingerprint density at radius 1 is 1.54 bits per heavy atom. The standard InChI is InChI=1S/C12H21O/c1-11(2)7-6-9-12(3)8-4-5-10-13-12/h7-8H,4-6,9-10H2,1-3H3/t12-/m0/s1. The third kappa shape index (κ3) is 3.95. The lowest BCUT2D eigenvalue weighted by Gasteiger charge is -2.33. The molecule has 1 fully saturated rings. The predicted octanol–water partition coefficient (Wildman–Crippen LogP) is 3.51. The SMILES string of the molecule is CC(C)=CCC[C@]1(C)[CH]CCCO1. The van der Waals surface area contributed by atoms with Crippen LogP contribution in [0.2, 0.25) is 0 Å². The molecule has 1 saturated heterocycles. The minimum atomic E-state index is 0.0458. The van der Waals surface area contributed by atoms with Gasteiger partial charge in [0, 0.05) is 6.61 Å². The Kier molecular flexibility index (Phi) is 3.98. The van der Waals surface area contributed by atoms with Crippen molar-refractivity contribution in [3.63, 3.8) is 0 Å². The molecule has 0 spiro atoms. The maximum Gasteiger partial charge on any atom is 0.0689 e. The highest BCUT2D eigenvalue weighted by Crippen LogP contribution is 2.28. The summed E-state index contributed by atoms with van der Waals surface area (Å²) in [6.07, 6.45) is 9.28. The molecule has 1 heteroatoms. The van der Waals surface area contributed by atoms with E-state index in [-0.39, 0.29) is 5.60 Å². The van der Waals surface area contributed by atoms with E-state index in [1.54, 1.807) is 0 Å². The van der Waals surface area contributed by atoms with Gasteiger partial charge in [0.15, 0.2) is 0 Å². The first-order valence-electron chi connectivity index (χ1n) is 5.24. The third-order valence-corrected chi connectivity index (χ3v) is 2.55. The first kappa shape index (κ1) is 10.8. The molecule has 13 heavy (non-hydrogen) atoms. The van der Waals surface area contributed by atoms with Crippen molar-refractivity contribution < 1.29 is 4.74 Å². The minimum absolute atomic E-state index is 0.0458. The van der Waals surface area contributed by atoms with Crippen LogP contribution in [0.25, 0.3) is 0 Å². The maximum absolute atomic E-state index is 5.76. The van der Waals surface area contributed by atoms with Gasteiger partial charge in [-0.25, -0.2) is 0 Å². The van der Waals surface area contributed by atoms with Crippen LogP contribution in [-0.2, 0) is 4.74 Å². The van der Waals surface area contributed by atoms with Crippen molar-refractivity contribution in [2.75, 3.05) is 6.61 Å². The summed E-state index contributed by atoms with van der Waals surface area (Å²) in [5, 5.41) is 0. The van der Waals surface area contributed by atoms with Crippen LogP contribution >= 0.6 is 0 Å². The number of hydrogen-bond acceptors (Lipinski definition) is 1. The van der Waals surface area contributed by atoms with Crippen LogP contribution in [0.15, 0.2) is 11.6 Å². The van der Waals surface area contributed by atoms with Gasteiger partial charge < -0.3 is 4.74 Å². The van der Waals surface area contributed by atoms with Gasteiger partial charge in [0.05, 0.1) is 5.60 Å². The summed E-state index contributed by atoms with van der Waals surface area (Å²) >= 11 is 0. The Morgan fingerprint density at radius 2 is 2.31 bits per heavy atom. The molecule has 0 saturated carbocycles. The second kappa shape index (κ2) is 4.80. The average Bonchev–Trinajstić information content (AvgIpc) is 2.04. The van der Waals surface area contributed by atoms with Gasteiger partial charge in [0.1, 0.15) is 0 Å². The molecule has 1 rings (SSSR count). The van der Waals surface area contributed by atoms with Crippen molar-refractivity contribution >= 4 is 0 Å². The van der Waals surface area contributed by atoms with Crippen molar-refractivity contribution in [1.29, 1.82) is 0 Å². The van der Waals surface area contributed by atoms with E-state index >= 15 is 0 Å². The molecule has 0 amide bonds. The molecule has 75 valence electrons. The van der Waals surface area contributed by atoms with Gasteiger partial charge in [-0.3, -0.25) is 0 Å². The molecule has 0 N–H and O–H groups in total. The normalized spacial score (nSPS) is 28.5. The van der Waals surface area contributed by atoms with Crippen molar-refractivity contribution in [2.45, 2.75) is 52.1 Å². The zero-order chi connectivity index (χ0) is 9.73. The van der Waals surface area contributed by atoms with Crippen LogP contribution in [0, 0.1) is 6.42 Å². The van der Waals surface area contributed by atoms with E-state index in [0.29, 0.717) is 0 Å². The summed E-state index contributed by atoms with van der Waals surface area (Å²) in [7, 11) is 0. The van der Waals surface area contributed by atoms with E-state index in [4.69, 9.17) is 4.74 Å². The van der Waals surface area contributed by atoms with Crippen molar-refractivity contribution in [3.05, 3.63) is 18.1 Å². The lowest BCUT2D eigenvalue weighted by Crippen LogP contribution is -2.33. The molecule has 1 heterocycles. The minimum Gasteiger partial charge on any atom is -0.375 e. The average molecular weight is 181 g/mol. The van der Waals surface area contributed by atoms with Gasteiger partial charge in [-0.05, 0) is 52.9 Å². The molecule has 1 radical (unpaired) electrons. The lowest BCUT2D eigenvalue weighted by molar-refractivity contribution is -0.0344. The maximum atomic E-state index is 5.76. The largest absolute Gasteiger partial charge is 0.375 e. The fourth-order valence-electron chi connectivity index (χ4n) is 1.68. The first-order chi connectivity index (χ1) is 6.12. The number of rotatable bonds is 3. The van der Waals surface area contributed by atoms with Crippen LogP contribution in [0.1, 0.15) is 46.5 Å². The zero-order valence-corrected chi connectivity index (χ0v) is 9.10. The number of hydrogen-bond donors (Lipinski definition) is 0. The van der Waals surface area contributed by atoms with E-state index in [1.165, 1.54) is 18.4 Å². The fourth-order valence-corrected chi connectivity index (χ4v) is 1.68. The summed E-state index contributed by atoms with van der Waals surface area (Å²) in [6.45, 7) is 7.42. The van der Waals surface area contributed by atoms with Crippen LogP contribution in [0.3, 0.4) is 0 Å². The van der Waals surface area contributed by atoms with Gasteiger partial charge in [-0.1, -0.05) is 11.6 Å². The summed E-state index contributed by atoms with van der Waals surface area (Å²) in [4.78, 5) is 0. The number of ether oxygens (including phenoxy) is 1. The highest BCUT2D eigenvalue weighted by atomic mass is 16.5. The van der Waals surface area contributed by atoms with E-state index in [1.807, 2.05) is 0 Å². The zero-order valence-electron chi connectivity index (χ0n) is 9.10. The van der Waals surface area contributed by atoms with Gasteiger partial charge in [-0.15, -0.1) is 0 Å². The van der Waals surface area contributed by atoms with Crippen LogP contribution in [-0.4, -0.2) is 12.2 Å². The molecule has 1 nitrogen and oxygen atoms in total. The van der Waals surface area contributed by atoms with Gasteiger partial charge >= 0.3 is 0 Å². The smallest absolute Gasteiger partial charge is 0.0689 e. The number of allylic oxidation sites excluding steroid dienone is 2. The Bertz CT molecular complexity index is 172. The topological polar surface area (TPSA) is 9.23 Å². The summed E-state index contributed by atoms with van der Waals surface area (Å²) in [6, 6.07) is 0. The molecule has 0 aromatic heterocycles. The molecule has 1 aliphatic heterocycles. The fraction of sp³-hybridized carbons (Fsp3) is 0.750. The summed E-state index contributed by atoms with van der Waals surface area (Å²) < 4.78 is 5.76. The molecule has 1 atom stereocenters. The quantitative estimate of drug-likeness (QED) is 0.605. The van der Waals surface area contributed by atoms with Gasteiger partial charge in [0.2, 0.25) is 0 Å².